The fourth-order valence-corrected chi connectivity index (χ4v) is 3.63. The molecule has 0 aliphatic carbocycles. The third-order valence-corrected chi connectivity index (χ3v) is 5.17. The highest BCUT2D eigenvalue weighted by atomic mass is 16.5. The first-order valence-electron chi connectivity index (χ1n) is 9.64. The number of nitrogens with one attached hydrogen (secondary N) is 2. The van der Waals surface area contributed by atoms with Crippen molar-refractivity contribution in [2.75, 3.05) is 0 Å². The first-order valence-corrected chi connectivity index (χ1v) is 9.64. The van der Waals surface area contributed by atoms with Crippen LogP contribution in [0.5, 0.6) is 0 Å². The Morgan fingerprint density at radius 1 is 0.833 bits per heavy atom. The number of para-hydroxylation sites is 1. The highest BCUT2D eigenvalue weighted by Gasteiger charge is 2.13. The highest BCUT2D eigenvalue weighted by Crippen LogP contribution is 2.28. The Labute approximate surface area is 172 Å². The predicted octanol–water partition coefficient (Wildman–Crippen LogP) is 5.03. The Bertz CT molecular complexity index is 1430. The summed E-state index contributed by atoms with van der Waals surface area (Å²) in [5.74, 6) is -0.428. The molecule has 146 valence electrons. The molecule has 30 heavy (non-hydrogen) atoms. The predicted molar refractivity (Wildman–Crippen MR) is 117 cm³/mol. The van der Waals surface area contributed by atoms with E-state index >= 15 is 0 Å². The molecular weight excluding hydrogens is 376 g/mol. The molecule has 5 heteroatoms. The smallest absolute Gasteiger partial charge is 0.338 e. The summed E-state index contributed by atoms with van der Waals surface area (Å²) < 4.78 is 5.39. The van der Waals surface area contributed by atoms with Crippen LogP contribution >= 0.6 is 0 Å². The van der Waals surface area contributed by atoms with Gasteiger partial charge in [0.25, 0.3) is 5.56 Å². The van der Waals surface area contributed by atoms with E-state index < -0.39 is 5.97 Å². The maximum atomic E-state index is 12.8. The minimum Gasteiger partial charge on any atom is -0.457 e. The molecular formula is C25H18N2O3. The number of hydrogen-bond donors (Lipinski definition) is 2. The molecule has 5 rings (SSSR count). The number of rotatable bonds is 4. The molecule has 0 aliphatic rings. The molecule has 5 aromatic rings. The van der Waals surface area contributed by atoms with Crippen molar-refractivity contribution in [1.29, 1.82) is 0 Å². The van der Waals surface area contributed by atoms with Crippen molar-refractivity contribution in [3.63, 3.8) is 0 Å². The van der Waals surface area contributed by atoms with Crippen LogP contribution in [-0.4, -0.2) is 15.9 Å². The van der Waals surface area contributed by atoms with Crippen LogP contribution in [0, 0.1) is 0 Å². The number of carbonyl (C=O) groups is 1. The number of aromatic amines is 2. The molecule has 0 spiro atoms. The lowest BCUT2D eigenvalue weighted by Crippen LogP contribution is -2.10. The molecule has 2 heterocycles. The Hall–Kier alpha value is -4.12. The maximum Gasteiger partial charge on any atom is 0.338 e. The summed E-state index contributed by atoms with van der Waals surface area (Å²) >= 11 is 0. The second-order valence-corrected chi connectivity index (χ2v) is 7.12. The van der Waals surface area contributed by atoms with Crippen LogP contribution in [-0.2, 0) is 11.3 Å². The molecule has 0 fully saturated rings. The van der Waals surface area contributed by atoms with Gasteiger partial charge >= 0.3 is 5.97 Å². The monoisotopic (exact) mass is 394 g/mol. The van der Waals surface area contributed by atoms with E-state index in [4.69, 9.17) is 4.74 Å². The zero-order valence-corrected chi connectivity index (χ0v) is 16.0. The van der Waals surface area contributed by atoms with Crippen molar-refractivity contribution in [3.05, 3.63) is 107 Å². The van der Waals surface area contributed by atoms with Crippen molar-refractivity contribution >= 4 is 27.8 Å². The lowest BCUT2D eigenvalue weighted by molar-refractivity contribution is 0.0473. The Balaban J connectivity index is 1.47. The molecule has 0 bridgehead atoms. The van der Waals surface area contributed by atoms with Crippen molar-refractivity contribution < 1.29 is 9.53 Å². The normalized spacial score (nSPS) is 11.1. The van der Waals surface area contributed by atoms with Crippen LogP contribution in [0.4, 0.5) is 0 Å². The third kappa shape index (κ3) is 3.26. The van der Waals surface area contributed by atoms with E-state index in [1.165, 1.54) is 0 Å². The van der Waals surface area contributed by atoms with E-state index in [2.05, 4.69) is 9.97 Å². The SMILES string of the molecule is O=C(OCc1ccccc1)c1ccc2cc(-c3c[nH]c4ccccc34)c(=O)[nH]c2c1. The van der Waals surface area contributed by atoms with Gasteiger partial charge in [-0.3, -0.25) is 4.79 Å². The number of esters is 1. The van der Waals surface area contributed by atoms with Crippen LogP contribution < -0.4 is 5.56 Å². The topological polar surface area (TPSA) is 75.0 Å². The van der Waals surface area contributed by atoms with Gasteiger partial charge in [-0.1, -0.05) is 54.6 Å². The number of H-pyrrole nitrogens is 2. The van der Waals surface area contributed by atoms with Gasteiger partial charge in [0, 0.05) is 33.7 Å². The summed E-state index contributed by atoms with van der Waals surface area (Å²) in [6, 6.07) is 24.4. The lowest BCUT2D eigenvalue weighted by atomic mass is 10.0. The zero-order chi connectivity index (χ0) is 20.5. The van der Waals surface area contributed by atoms with E-state index in [1.54, 1.807) is 12.1 Å². The van der Waals surface area contributed by atoms with Crippen molar-refractivity contribution in [2.24, 2.45) is 0 Å². The summed E-state index contributed by atoms with van der Waals surface area (Å²) in [5.41, 5.74) is 4.11. The number of aromatic nitrogens is 2. The minimum atomic E-state index is -0.428. The van der Waals surface area contributed by atoms with E-state index in [9.17, 15) is 9.59 Å². The molecule has 0 atom stereocenters. The first kappa shape index (κ1) is 17.9. The van der Waals surface area contributed by atoms with Crippen molar-refractivity contribution in [2.45, 2.75) is 6.61 Å². The van der Waals surface area contributed by atoms with Crippen LogP contribution in [0.1, 0.15) is 15.9 Å². The number of ether oxygens (including phenoxy) is 1. The maximum absolute atomic E-state index is 12.8. The molecule has 0 amide bonds. The number of hydrogen-bond acceptors (Lipinski definition) is 3. The highest BCUT2D eigenvalue weighted by molar-refractivity contribution is 5.98. The molecule has 3 aromatic carbocycles. The quantitative estimate of drug-likeness (QED) is 0.420. The molecule has 2 N–H and O–H groups in total. The molecule has 0 aliphatic heterocycles. The molecule has 0 saturated heterocycles. The number of carbonyl (C=O) groups excluding carboxylic acids is 1. The van der Waals surface area contributed by atoms with Gasteiger partial charge in [0.05, 0.1) is 5.56 Å². The number of pyridine rings is 1. The van der Waals surface area contributed by atoms with Gasteiger partial charge in [0.1, 0.15) is 6.61 Å². The average molecular weight is 394 g/mol. The standard InChI is InChI=1S/C25H18N2O3/c28-24-20(21-14-26-22-9-5-4-8-19(21)22)12-17-10-11-18(13-23(17)27-24)25(29)30-15-16-6-2-1-3-7-16/h1-14,26H,15H2,(H,27,28). The summed E-state index contributed by atoms with van der Waals surface area (Å²) in [7, 11) is 0. The van der Waals surface area contributed by atoms with E-state index in [-0.39, 0.29) is 12.2 Å². The van der Waals surface area contributed by atoms with E-state index in [1.807, 2.05) is 72.9 Å². The largest absolute Gasteiger partial charge is 0.457 e. The van der Waals surface area contributed by atoms with Crippen LogP contribution in [0.25, 0.3) is 32.9 Å². The Kier molecular flexibility index (Phi) is 4.41. The van der Waals surface area contributed by atoms with Gasteiger partial charge in [0.2, 0.25) is 0 Å². The van der Waals surface area contributed by atoms with Crippen LogP contribution in [0.15, 0.2) is 89.9 Å². The van der Waals surface area contributed by atoms with Gasteiger partial charge in [-0.05, 0) is 35.2 Å². The fraction of sp³-hybridized carbons (Fsp3) is 0.0400. The Morgan fingerprint density at radius 3 is 2.50 bits per heavy atom. The fourth-order valence-electron chi connectivity index (χ4n) is 3.63. The second-order valence-electron chi connectivity index (χ2n) is 7.12. The van der Waals surface area contributed by atoms with Gasteiger partial charge < -0.3 is 14.7 Å². The van der Waals surface area contributed by atoms with Crippen LogP contribution in [0.2, 0.25) is 0 Å². The third-order valence-electron chi connectivity index (χ3n) is 5.17. The molecule has 2 aromatic heterocycles. The lowest BCUT2D eigenvalue weighted by Gasteiger charge is -2.07. The van der Waals surface area contributed by atoms with Gasteiger partial charge in [-0.25, -0.2) is 4.79 Å². The summed E-state index contributed by atoms with van der Waals surface area (Å²) in [4.78, 5) is 31.3. The number of benzene rings is 3. The summed E-state index contributed by atoms with van der Waals surface area (Å²) in [6.45, 7) is 0.202. The Morgan fingerprint density at radius 2 is 1.63 bits per heavy atom. The molecule has 0 saturated carbocycles. The second kappa shape index (κ2) is 7.37. The molecule has 0 radical (unpaired) electrons. The van der Waals surface area contributed by atoms with Crippen molar-refractivity contribution in [3.8, 4) is 11.1 Å². The number of fused-ring (bicyclic) bond motifs is 2. The average Bonchev–Trinajstić information content (AvgIpc) is 3.21. The van der Waals surface area contributed by atoms with Crippen molar-refractivity contribution in [1.82, 2.24) is 9.97 Å². The van der Waals surface area contributed by atoms with Gasteiger partial charge in [0.15, 0.2) is 0 Å². The van der Waals surface area contributed by atoms with E-state index in [0.29, 0.717) is 16.6 Å². The first-order chi connectivity index (χ1) is 14.7. The minimum absolute atomic E-state index is 0.202. The van der Waals surface area contributed by atoms with Gasteiger partial charge in [-0.15, -0.1) is 0 Å². The summed E-state index contributed by atoms with van der Waals surface area (Å²) in [6.07, 6.45) is 1.84. The molecule has 0 unspecified atom stereocenters. The van der Waals surface area contributed by atoms with Crippen LogP contribution in [0.3, 0.4) is 0 Å². The van der Waals surface area contributed by atoms with Gasteiger partial charge in [-0.2, -0.15) is 0 Å². The zero-order valence-electron chi connectivity index (χ0n) is 16.0. The summed E-state index contributed by atoms with van der Waals surface area (Å²) in [5, 5.41) is 1.83. The van der Waals surface area contributed by atoms with E-state index in [0.717, 1.165) is 27.4 Å². The molecule has 5 nitrogen and oxygen atoms in total.